The van der Waals surface area contributed by atoms with Crippen LogP contribution >= 0.6 is 22.6 Å². The maximum atomic E-state index is 10.2. The minimum Gasteiger partial charge on any atom is -0.388 e. The van der Waals surface area contributed by atoms with Crippen LogP contribution in [-0.2, 0) is 6.42 Å². The van der Waals surface area contributed by atoms with Gasteiger partial charge in [0.25, 0.3) is 0 Å². The van der Waals surface area contributed by atoms with E-state index in [2.05, 4.69) is 51.8 Å². The molecule has 1 atom stereocenters. The zero-order valence-electron chi connectivity index (χ0n) is 9.60. The van der Waals surface area contributed by atoms with E-state index in [9.17, 15) is 5.11 Å². The first kappa shape index (κ1) is 12.5. The fourth-order valence-electron chi connectivity index (χ4n) is 1.78. The van der Waals surface area contributed by atoms with E-state index in [1.54, 1.807) is 12.4 Å². The van der Waals surface area contributed by atoms with Crippen LogP contribution in [0.2, 0.25) is 0 Å². The van der Waals surface area contributed by atoms with Gasteiger partial charge < -0.3 is 5.11 Å². The third-order valence-corrected chi connectivity index (χ3v) is 3.50. The van der Waals surface area contributed by atoms with Crippen LogP contribution in [0.1, 0.15) is 22.8 Å². The van der Waals surface area contributed by atoms with Crippen molar-refractivity contribution in [1.82, 2.24) is 4.98 Å². The lowest BCUT2D eigenvalue weighted by Crippen LogP contribution is -2.04. The Hall–Kier alpha value is -0.940. The summed E-state index contributed by atoms with van der Waals surface area (Å²) in [4.78, 5) is 4.06. The molecule has 0 aliphatic carbocycles. The SMILES string of the molecule is Cc1ccncc1C(O)Cc1ccc(I)cc1. The Bertz CT molecular complexity index is 496. The van der Waals surface area contributed by atoms with Crippen molar-refractivity contribution in [3.05, 3.63) is 63.0 Å². The van der Waals surface area contributed by atoms with Gasteiger partial charge in [0.05, 0.1) is 6.10 Å². The number of nitrogens with zero attached hydrogens (tertiary/aromatic N) is 1. The van der Waals surface area contributed by atoms with Crippen LogP contribution < -0.4 is 0 Å². The van der Waals surface area contributed by atoms with E-state index in [0.29, 0.717) is 6.42 Å². The molecule has 1 N–H and O–H groups in total. The Kier molecular flexibility index (Phi) is 4.12. The van der Waals surface area contributed by atoms with Crippen molar-refractivity contribution in [2.45, 2.75) is 19.4 Å². The van der Waals surface area contributed by atoms with Gasteiger partial charge in [-0.3, -0.25) is 4.98 Å². The lowest BCUT2D eigenvalue weighted by atomic mass is 10.00. The molecule has 0 radical (unpaired) electrons. The minimum atomic E-state index is -0.483. The van der Waals surface area contributed by atoms with E-state index in [0.717, 1.165) is 16.7 Å². The third kappa shape index (κ3) is 3.26. The van der Waals surface area contributed by atoms with Gasteiger partial charge >= 0.3 is 0 Å². The molecule has 2 aromatic rings. The largest absolute Gasteiger partial charge is 0.388 e. The molecule has 0 bridgehead atoms. The number of benzene rings is 1. The summed E-state index contributed by atoms with van der Waals surface area (Å²) in [5.74, 6) is 0. The topological polar surface area (TPSA) is 33.1 Å². The molecule has 0 fully saturated rings. The second kappa shape index (κ2) is 5.60. The summed E-state index contributed by atoms with van der Waals surface area (Å²) in [6, 6.07) is 10.1. The molecule has 1 aromatic heterocycles. The number of aromatic nitrogens is 1. The van der Waals surface area contributed by atoms with Gasteiger partial charge in [0, 0.05) is 27.9 Å². The second-order valence-electron chi connectivity index (χ2n) is 4.08. The number of hydrogen-bond donors (Lipinski definition) is 1. The van der Waals surface area contributed by atoms with Crippen LogP contribution in [0.3, 0.4) is 0 Å². The maximum absolute atomic E-state index is 10.2. The lowest BCUT2D eigenvalue weighted by Gasteiger charge is -2.13. The number of aliphatic hydroxyl groups is 1. The standard InChI is InChI=1S/C14H14INO/c1-10-6-7-16-9-13(10)14(17)8-11-2-4-12(15)5-3-11/h2-7,9,14,17H,8H2,1H3. The number of pyridine rings is 1. The lowest BCUT2D eigenvalue weighted by molar-refractivity contribution is 0.177. The highest BCUT2D eigenvalue weighted by Gasteiger charge is 2.11. The van der Waals surface area contributed by atoms with Gasteiger partial charge in [-0.15, -0.1) is 0 Å². The normalized spacial score (nSPS) is 12.4. The minimum absolute atomic E-state index is 0.483. The van der Waals surface area contributed by atoms with Crippen LogP contribution in [0.15, 0.2) is 42.7 Å². The summed E-state index contributed by atoms with van der Waals surface area (Å²) in [7, 11) is 0. The quantitative estimate of drug-likeness (QED) is 0.871. The van der Waals surface area contributed by atoms with Crippen molar-refractivity contribution >= 4 is 22.6 Å². The van der Waals surface area contributed by atoms with E-state index < -0.39 is 6.10 Å². The number of aliphatic hydroxyl groups excluding tert-OH is 1. The molecule has 0 amide bonds. The molecule has 0 aliphatic heterocycles. The van der Waals surface area contributed by atoms with Gasteiger partial charge in [0.1, 0.15) is 0 Å². The Labute approximate surface area is 115 Å². The molecular weight excluding hydrogens is 325 g/mol. The van der Waals surface area contributed by atoms with Crippen LogP contribution in [0.5, 0.6) is 0 Å². The summed E-state index contributed by atoms with van der Waals surface area (Å²) in [5, 5.41) is 10.2. The molecule has 17 heavy (non-hydrogen) atoms. The Morgan fingerprint density at radius 2 is 1.94 bits per heavy atom. The molecule has 1 heterocycles. The van der Waals surface area contributed by atoms with Gasteiger partial charge in [-0.25, -0.2) is 0 Å². The molecule has 1 unspecified atom stereocenters. The Morgan fingerprint density at radius 3 is 2.59 bits per heavy atom. The first-order chi connectivity index (χ1) is 8.16. The van der Waals surface area contributed by atoms with E-state index in [1.165, 1.54) is 3.57 Å². The van der Waals surface area contributed by atoms with Gasteiger partial charge in [0.15, 0.2) is 0 Å². The summed E-state index contributed by atoms with van der Waals surface area (Å²) >= 11 is 2.27. The predicted octanol–water partition coefficient (Wildman–Crippen LogP) is 3.27. The Morgan fingerprint density at radius 1 is 1.24 bits per heavy atom. The van der Waals surface area contributed by atoms with Crippen molar-refractivity contribution < 1.29 is 5.11 Å². The number of aryl methyl sites for hydroxylation is 1. The third-order valence-electron chi connectivity index (χ3n) is 2.78. The molecule has 3 heteroatoms. The highest BCUT2D eigenvalue weighted by molar-refractivity contribution is 14.1. The fourth-order valence-corrected chi connectivity index (χ4v) is 2.14. The summed E-state index contributed by atoms with van der Waals surface area (Å²) in [6.07, 6.45) is 3.64. The van der Waals surface area contributed by atoms with Crippen LogP contribution in [-0.4, -0.2) is 10.1 Å². The number of halogens is 1. The van der Waals surface area contributed by atoms with E-state index in [-0.39, 0.29) is 0 Å². The molecular formula is C14H14INO. The molecule has 1 aromatic carbocycles. The van der Waals surface area contributed by atoms with Crippen LogP contribution in [0.25, 0.3) is 0 Å². The van der Waals surface area contributed by atoms with Gasteiger partial charge in [-0.2, -0.15) is 0 Å². The van der Waals surface area contributed by atoms with Crippen molar-refractivity contribution in [3.8, 4) is 0 Å². The zero-order valence-corrected chi connectivity index (χ0v) is 11.8. The predicted molar refractivity (Wildman–Crippen MR) is 76.8 cm³/mol. The molecule has 0 saturated carbocycles. The smallest absolute Gasteiger partial charge is 0.0847 e. The highest BCUT2D eigenvalue weighted by atomic mass is 127. The van der Waals surface area contributed by atoms with Gasteiger partial charge in [-0.05, 0) is 58.8 Å². The molecule has 0 spiro atoms. The van der Waals surface area contributed by atoms with E-state index >= 15 is 0 Å². The average Bonchev–Trinajstić information content (AvgIpc) is 2.32. The molecule has 2 rings (SSSR count). The van der Waals surface area contributed by atoms with E-state index in [4.69, 9.17) is 0 Å². The highest BCUT2D eigenvalue weighted by Crippen LogP contribution is 2.20. The summed E-state index contributed by atoms with van der Waals surface area (Å²) in [6.45, 7) is 1.99. The van der Waals surface area contributed by atoms with Gasteiger partial charge in [-0.1, -0.05) is 12.1 Å². The van der Waals surface area contributed by atoms with Crippen molar-refractivity contribution in [1.29, 1.82) is 0 Å². The number of hydrogen-bond acceptors (Lipinski definition) is 2. The first-order valence-corrected chi connectivity index (χ1v) is 6.57. The van der Waals surface area contributed by atoms with Crippen molar-refractivity contribution in [3.63, 3.8) is 0 Å². The summed E-state index contributed by atoms with van der Waals surface area (Å²) in [5.41, 5.74) is 3.13. The molecule has 0 aliphatic rings. The molecule has 88 valence electrons. The van der Waals surface area contributed by atoms with E-state index in [1.807, 2.05) is 13.0 Å². The summed E-state index contributed by atoms with van der Waals surface area (Å²) < 4.78 is 1.21. The van der Waals surface area contributed by atoms with Crippen LogP contribution in [0.4, 0.5) is 0 Å². The fraction of sp³-hybridized carbons (Fsp3) is 0.214. The van der Waals surface area contributed by atoms with Crippen LogP contribution in [0, 0.1) is 10.5 Å². The maximum Gasteiger partial charge on any atom is 0.0847 e. The van der Waals surface area contributed by atoms with Crippen molar-refractivity contribution in [2.75, 3.05) is 0 Å². The zero-order chi connectivity index (χ0) is 12.3. The average molecular weight is 339 g/mol. The second-order valence-corrected chi connectivity index (χ2v) is 5.32. The molecule has 2 nitrogen and oxygen atoms in total. The number of rotatable bonds is 3. The van der Waals surface area contributed by atoms with Crippen molar-refractivity contribution in [2.24, 2.45) is 0 Å². The van der Waals surface area contributed by atoms with Gasteiger partial charge in [0.2, 0.25) is 0 Å². The first-order valence-electron chi connectivity index (χ1n) is 5.50. The Balaban J connectivity index is 2.14. The molecule has 0 saturated heterocycles. The monoisotopic (exact) mass is 339 g/mol.